The van der Waals surface area contributed by atoms with Gasteiger partial charge in [0, 0.05) is 0 Å². The maximum atomic E-state index is 12.3. The summed E-state index contributed by atoms with van der Waals surface area (Å²) in [6.07, 6.45) is 3.40. The van der Waals surface area contributed by atoms with Crippen LogP contribution >= 0.6 is 0 Å². The predicted octanol–water partition coefficient (Wildman–Crippen LogP) is 2.47. The Morgan fingerprint density at radius 3 is 2.74 bits per heavy atom. The average Bonchev–Trinajstić information content (AvgIpc) is 2.77. The summed E-state index contributed by atoms with van der Waals surface area (Å²) < 4.78 is 29.6. The molecule has 1 aliphatic carbocycles. The van der Waals surface area contributed by atoms with Gasteiger partial charge in [-0.2, -0.15) is 0 Å². The number of carbonyl (C=O) groups is 1. The van der Waals surface area contributed by atoms with Gasteiger partial charge in [-0.25, -0.2) is 13.2 Å². The van der Waals surface area contributed by atoms with Crippen molar-refractivity contribution >= 4 is 15.8 Å². The topological polar surface area (TPSA) is 84.6 Å². The van der Waals surface area contributed by atoms with Crippen molar-refractivity contribution < 1.29 is 22.7 Å². The van der Waals surface area contributed by atoms with Gasteiger partial charge in [0.1, 0.15) is 11.5 Å². The highest BCUT2D eigenvalue weighted by atomic mass is 32.2. The third kappa shape index (κ3) is 3.37. The van der Waals surface area contributed by atoms with Crippen LogP contribution in [0.15, 0.2) is 16.5 Å². The van der Waals surface area contributed by atoms with Crippen LogP contribution in [0, 0.1) is 5.92 Å². The van der Waals surface area contributed by atoms with Crippen molar-refractivity contribution in [1.29, 1.82) is 0 Å². The lowest BCUT2D eigenvalue weighted by molar-refractivity contribution is 0.0660. The van der Waals surface area contributed by atoms with Crippen LogP contribution < -0.4 is 0 Å². The molecule has 1 fully saturated rings. The minimum Gasteiger partial charge on any atom is -0.475 e. The van der Waals surface area contributed by atoms with Crippen LogP contribution in [0.2, 0.25) is 0 Å². The van der Waals surface area contributed by atoms with Gasteiger partial charge >= 0.3 is 5.97 Å². The van der Waals surface area contributed by atoms with E-state index in [4.69, 9.17) is 9.52 Å². The van der Waals surface area contributed by atoms with Crippen molar-refractivity contribution in [1.82, 2.24) is 0 Å². The lowest BCUT2D eigenvalue weighted by atomic mass is 9.91. The van der Waals surface area contributed by atoms with Gasteiger partial charge in [-0.15, -0.1) is 0 Å². The number of aromatic carboxylic acids is 1. The molecule has 1 saturated carbocycles. The van der Waals surface area contributed by atoms with Crippen LogP contribution in [0.4, 0.5) is 0 Å². The van der Waals surface area contributed by atoms with Crippen molar-refractivity contribution in [2.45, 2.75) is 43.6 Å². The Balaban J connectivity index is 2.09. The molecule has 0 bridgehead atoms. The highest BCUT2D eigenvalue weighted by molar-refractivity contribution is 7.91. The molecule has 5 nitrogen and oxygen atoms in total. The second-order valence-corrected chi connectivity index (χ2v) is 7.55. The van der Waals surface area contributed by atoms with E-state index in [1.807, 2.05) is 0 Å². The van der Waals surface area contributed by atoms with Gasteiger partial charge in [-0.05, 0) is 30.9 Å². The van der Waals surface area contributed by atoms with Crippen LogP contribution in [0.25, 0.3) is 0 Å². The Morgan fingerprint density at radius 1 is 1.42 bits per heavy atom. The van der Waals surface area contributed by atoms with Gasteiger partial charge in [-0.1, -0.05) is 19.8 Å². The fourth-order valence-electron chi connectivity index (χ4n) is 2.59. The maximum absolute atomic E-state index is 12.3. The second-order valence-electron chi connectivity index (χ2n) is 5.27. The van der Waals surface area contributed by atoms with E-state index in [1.165, 1.54) is 12.1 Å². The standard InChI is InChI=1S/C13H18O5S/c1-9-3-2-4-11(7-9)19(16,17)8-10-5-6-12(18-10)13(14)15/h5-6,9,11H,2-4,7-8H2,1H3,(H,14,15). The molecule has 1 aliphatic rings. The number of hydrogen-bond acceptors (Lipinski definition) is 4. The zero-order valence-electron chi connectivity index (χ0n) is 10.8. The number of sulfone groups is 1. The molecule has 6 heteroatoms. The Bertz CT molecular complexity index is 557. The second kappa shape index (κ2) is 5.36. The SMILES string of the molecule is CC1CCCC(S(=O)(=O)Cc2ccc(C(=O)O)o2)C1. The Labute approximate surface area is 112 Å². The van der Waals surface area contributed by atoms with E-state index in [1.54, 1.807) is 0 Å². The fourth-order valence-corrected chi connectivity index (χ4v) is 4.53. The molecule has 1 N–H and O–H groups in total. The summed E-state index contributed by atoms with van der Waals surface area (Å²) in [4.78, 5) is 10.7. The molecule has 1 aromatic heterocycles. The molecule has 0 spiro atoms. The zero-order chi connectivity index (χ0) is 14.0. The van der Waals surface area contributed by atoms with E-state index in [2.05, 4.69) is 6.92 Å². The maximum Gasteiger partial charge on any atom is 0.371 e. The molecule has 0 aliphatic heterocycles. The van der Waals surface area contributed by atoms with E-state index in [9.17, 15) is 13.2 Å². The van der Waals surface area contributed by atoms with E-state index >= 15 is 0 Å². The lowest BCUT2D eigenvalue weighted by Crippen LogP contribution is -2.28. The third-order valence-corrected chi connectivity index (χ3v) is 5.74. The van der Waals surface area contributed by atoms with E-state index in [-0.39, 0.29) is 22.5 Å². The first-order chi connectivity index (χ1) is 8.88. The number of rotatable bonds is 4. The molecule has 0 saturated heterocycles. The van der Waals surface area contributed by atoms with Crippen LogP contribution in [-0.4, -0.2) is 24.7 Å². The molecule has 19 heavy (non-hydrogen) atoms. The van der Waals surface area contributed by atoms with Crippen molar-refractivity contribution in [2.75, 3.05) is 0 Å². The van der Waals surface area contributed by atoms with Gasteiger partial charge < -0.3 is 9.52 Å². The molecular weight excluding hydrogens is 268 g/mol. The van der Waals surface area contributed by atoms with Gasteiger partial charge in [0.15, 0.2) is 9.84 Å². The Hall–Kier alpha value is -1.30. The van der Waals surface area contributed by atoms with Crippen LogP contribution in [0.1, 0.15) is 48.9 Å². The Morgan fingerprint density at radius 2 is 2.16 bits per heavy atom. The summed E-state index contributed by atoms with van der Waals surface area (Å²) in [7, 11) is -3.27. The van der Waals surface area contributed by atoms with E-state index in [0.717, 1.165) is 12.8 Å². The van der Waals surface area contributed by atoms with Gasteiger partial charge in [0.05, 0.1) is 5.25 Å². The molecular formula is C13H18O5S. The summed E-state index contributed by atoms with van der Waals surface area (Å²) in [6.45, 7) is 2.07. The van der Waals surface area contributed by atoms with Crippen LogP contribution in [0.3, 0.4) is 0 Å². The summed E-state index contributed by atoms with van der Waals surface area (Å²) in [5, 5.41) is 8.41. The first kappa shape index (κ1) is 14.1. The first-order valence-corrected chi connectivity index (χ1v) is 8.13. The highest BCUT2D eigenvalue weighted by Crippen LogP contribution is 2.30. The highest BCUT2D eigenvalue weighted by Gasteiger charge is 2.31. The fraction of sp³-hybridized carbons (Fsp3) is 0.615. The molecule has 1 aromatic rings. The quantitative estimate of drug-likeness (QED) is 0.919. The van der Waals surface area contributed by atoms with Crippen LogP contribution in [-0.2, 0) is 15.6 Å². The zero-order valence-corrected chi connectivity index (χ0v) is 11.6. The summed E-state index contributed by atoms with van der Waals surface area (Å²) in [6, 6.07) is 2.71. The summed E-state index contributed by atoms with van der Waals surface area (Å²) in [5.74, 6) is -0.981. The number of hydrogen-bond donors (Lipinski definition) is 1. The lowest BCUT2D eigenvalue weighted by Gasteiger charge is -2.26. The normalized spacial score (nSPS) is 24.3. The van der Waals surface area contributed by atoms with Crippen molar-refractivity contribution in [3.05, 3.63) is 23.7 Å². The molecule has 2 rings (SSSR count). The van der Waals surface area contributed by atoms with Crippen molar-refractivity contribution in [2.24, 2.45) is 5.92 Å². The minimum atomic E-state index is -3.27. The van der Waals surface area contributed by atoms with Crippen LogP contribution in [0.5, 0.6) is 0 Å². The molecule has 1 heterocycles. The molecule has 106 valence electrons. The summed E-state index contributed by atoms with van der Waals surface area (Å²) in [5.41, 5.74) is 0. The minimum absolute atomic E-state index is 0.204. The molecule has 2 unspecified atom stereocenters. The molecule has 0 radical (unpaired) electrons. The number of furan rings is 1. The number of carboxylic acids is 1. The van der Waals surface area contributed by atoms with E-state index < -0.39 is 15.8 Å². The summed E-state index contributed by atoms with van der Waals surface area (Å²) >= 11 is 0. The number of carboxylic acid groups (broad SMARTS) is 1. The largest absolute Gasteiger partial charge is 0.475 e. The van der Waals surface area contributed by atoms with Crippen molar-refractivity contribution in [3.63, 3.8) is 0 Å². The monoisotopic (exact) mass is 286 g/mol. The Kier molecular flexibility index (Phi) is 3.99. The average molecular weight is 286 g/mol. The smallest absolute Gasteiger partial charge is 0.371 e. The third-order valence-electron chi connectivity index (χ3n) is 3.61. The van der Waals surface area contributed by atoms with Gasteiger partial charge in [0.25, 0.3) is 0 Å². The van der Waals surface area contributed by atoms with E-state index in [0.29, 0.717) is 18.8 Å². The van der Waals surface area contributed by atoms with Crippen molar-refractivity contribution in [3.8, 4) is 0 Å². The van der Waals surface area contributed by atoms with Gasteiger partial charge in [0.2, 0.25) is 5.76 Å². The predicted molar refractivity (Wildman–Crippen MR) is 69.7 cm³/mol. The van der Waals surface area contributed by atoms with Gasteiger partial charge in [-0.3, -0.25) is 0 Å². The molecule has 0 aromatic carbocycles. The first-order valence-electron chi connectivity index (χ1n) is 6.42. The molecule has 2 atom stereocenters. The molecule has 0 amide bonds.